The van der Waals surface area contributed by atoms with Crippen molar-refractivity contribution in [3.63, 3.8) is 0 Å². The van der Waals surface area contributed by atoms with Gasteiger partial charge in [0.2, 0.25) is 0 Å². The van der Waals surface area contributed by atoms with E-state index in [1.54, 1.807) is 6.26 Å². The minimum Gasteiger partial charge on any atom is -0.461 e. The molecule has 1 N–H and O–H groups in total. The lowest BCUT2D eigenvalue weighted by Crippen LogP contribution is -2.05. The molecule has 2 aromatic heterocycles. The van der Waals surface area contributed by atoms with Gasteiger partial charge in [-0.3, -0.25) is 0 Å². The van der Waals surface area contributed by atoms with Crippen molar-refractivity contribution < 1.29 is 4.42 Å². The van der Waals surface area contributed by atoms with Gasteiger partial charge in [0.25, 0.3) is 0 Å². The fourth-order valence-electron chi connectivity index (χ4n) is 2.38. The van der Waals surface area contributed by atoms with Crippen LogP contribution in [0.1, 0.15) is 42.3 Å². The van der Waals surface area contributed by atoms with Crippen molar-refractivity contribution in [3.05, 3.63) is 34.8 Å². The van der Waals surface area contributed by atoms with Gasteiger partial charge in [-0.2, -0.15) is 0 Å². The largest absolute Gasteiger partial charge is 0.461 e. The summed E-state index contributed by atoms with van der Waals surface area (Å²) in [7, 11) is 0. The monoisotopic (exact) mass is 243 g/mol. The molecule has 94 valence electrons. The zero-order valence-electron chi connectivity index (χ0n) is 10.9. The fraction of sp³-hybridized carbons (Fsp3) is 0.429. The minimum atomic E-state index is 0.399. The van der Waals surface area contributed by atoms with Crippen LogP contribution in [-0.4, -0.2) is 9.97 Å². The van der Waals surface area contributed by atoms with E-state index in [9.17, 15) is 0 Å². The van der Waals surface area contributed by atoms with Crippen molar-refractivity contribution in [1.82, 2.24) is 15.3 Å². The highest BCUT2D eigenvalue weighted by Crippen LogP contribution is 2.28. The maximum atomic E-state index is 5.50. The second-order valence-electron chi connectivity index (χ2n) is 5.05. The number of hydrogen-bond donors (Lipinski definition) is 1. The third-order valence-electron chi connectivity index (χ3n) is 3.33. The van der Waals surface area contributed by atoms with Crippen molar-refractivity contribution in [1.29, 1.82) is 0 Å². The fourth-order valence-corrected chi connectivity index (χ4v) is 2.38. The number of furan rings is 1. The van der Waals surface area contributed by atoms with Crippen LogP contribution >= 0.6 is 0 Å². The predicted octanol–water partition coefficient (Wildman–Crippen LogP) is 2.77. The van der Waals surface area contributed by atoms with E-state index in [0.29, 0.717) is 11.7 Å². The molecule has 0 amide bonds. The number of nitrogens with zero attached hydrogens (tertiary/aromatic N) is 2. The Morgan fingerprint density at radius 1 is 1.28 bits per heavy atom. The average Bonchev–Trinajstić information content (AvgIpc) is 2.95. The van der Waals surface area contributed by atoms with Gasteiger partial charge in [-0.05, 0) is 24.5 Å². The first-order valence-corrected chi connectivity index (χ1v) is 6.31. The SMILES string of the molecule is Cc1ccoc1-c1nc2c(c(C(C)C)n1)CNC2. The molecule has 18 heavy (non-hydrogen) atoms. The molecule has 3 heterocycles. The summed E-state index contributed by atoms with van der Waals surface area (Å²) in [4.78, 5) is 9.33. The minimum absolute atomic E-state index is 0.399. The quantitative estimate of drug-likeness (QED) is 0.881. The summed E-state index contributed by atoms with van der Waals surface area (Å²) in [6.07, 6.45) is 1.69. The molecule has 0 fully saturated rings. The van der Waals surface area contributed by atoms with E-state index in [4.69, 9.17) is 9.40 Å². The van der Waals surface area contributed by atoms with Gasteiger partial charge in [0.15, 0.2) is 11.6 Å². The van der Waals surface area contributed by atoms with Gasteiger partial charge in [-0.25, -0.2) is 9.97 Å². The molecule has 0 radical (unpaired) electrons. The molecule has 0 saturated heterocycles. The van der Waals surface area contributed by atoms with E-state index in [2.05, 4.69) is 24.1 Å². The Labute approximate surface area is 106 Å². The molecule has 0 spiro atoms. The second kappa shape index (κ2) is 4.21. The first-order chi connectivity index (χ1) is 8.66. The standard InChI is InChI=1S/C14H17N3O/c1-8(2)12-10-6-15-7-11(10)16-14(17-12)13-9(3)4-5-18-13/h4-5,8,15H,6-7H2,1-3H3. The molecule has 4 nitrogen and oxygen atoms in total. The van der Waals surface area contributed by atoms with E-state index < -0.39 is 0 Å². The van der Waals surface area contributed by atoms with Crippen LogP contribution < -0.4 is 5.32 Å². The molecule has 3 rings (SSSR count). The Hall–Kier alpha value is -1.68. The van der Waals surface area contributed by atoms with Crippen molar-refractivity contribution in [2.45, 2.75) is 39.8 Å². The van der Waals surface area contributed by atoms with Crippen LogP contribution in [0.25, 0.3) is 11.6 Å². The lowest BCUT2D eigenvalue weighted by atomic mass is 10.0. The van der Waals surface area contributed by atoms with Crippen LogP contribution in [0.5, 0.6) is 0 Å². The van der Waals surface area contributed by atoms with E-state index >= 15 is 0 Å². The van der Waals surface area contributed by atoms with Crippen LogP contribution in [0.4, 0.5) is 0 Å². The van der Waals surface area contributed by atoms with E-state index in [1.807, 2.05) is 13.0 Å². The van der Waals surface area contributed by atoms with Gasteiger partial charge >= 0.3 is 0 Å². The Kier molecular flexibility index (Phi) is 2.67. The summed E-state index contributed by atoms with van der Waals surface area (Å²) in [6, 6.07) is 1.94. The maximum Gasteiger partial charge on any atom is 0.196 e. The number of rotatable bonds is 2. The molecule has 0 atom stereocenters. The van der Waals surface area contributed by atoms with Crippen molar-refractivity contribution in [2.24, 2.45) is 0 Å². The van der Waals surface area contributed by atoms with Crippen molar-refractivity contribution in [2.75, 3.05) is 0 Å². The predicted molar refractivity (Wildman–Crippen MR) is 69.1 cm³/mol. The first-order valence-electron chi connectivity index (χ1n) is 6.31. The van der Waals surface area contributed by atoms with Gasteiger partial charge in [-0.15, -0.1) is 0 Å². The Bertz CT molecular complexity index is 587. The molecule has 0 saturated carbocycles. The lowest BCUT2D eigenvalue weighted by molar-refractivity contribution is 0.574. The van der Waals surface area contributed by atoms with E-state index in [-0.39, 0.29) is 0 Å². The summed E-state index contributed by atoms with van der Waals surface area (Å²) >= 11 is 0. The summed E-state index contributed by atoms with van der Waals surface area (Å²) in [5, 5.41) is 3.34. The van der Waals surface area contributed by atoms with Crippen LogP contribution in [0.15, 0.2) is 16.7 Å². The molecule has 0 aromatic carbocycles. The van der Waals surface area contributed by atoms with E-state index in [0.717, 1.165) is 35.8 Å². The number of nitrogens with one attached hydrogen (secondary N) is 1. The molecule has 0 bridgehead atoms. The first kappa shape index (κ1) is 11.4. The zero-order chi connectivity index (χ0) is 12.7. The highest BCUT2D eigenvalue weighted by molar-refractivity contribution is 5.53. The van der Waals surface area contributed by atoms with Gasteiger partial charge in [0, 0.05) is 18.7 Å². The maximum absolute atomic E-state index is 5.50. The summed E-state index contributed by atoms with van der Waals surface area (Å²) in [5.41, 5.74) is 4.59. The summed E-state index contributed by atoms with van der Waals surface area (Å²) < 4.78 is 5.50. The third kappa shape index (κ3) is 1.73. The van der Waals surface area contributed by atoms with Gasteiger partial charge in [-0.1, -0.05) is 13.8 Å². The molecular weight excluding hydrogens is 226 g/mol. The smallest absolute Gasteiger partial charge is 0.196 e. The number of aryl methyl sites for hydroxylation is 1. The highest BCUT2D eigenvalue weighted by atomic mass is 16.3. The molecule has 4 heteroatoms. The van der Waals surface area contributed by atoms with Gasteiger partial charge in [0.1, 0.15) is 0 Å². The van der Waals surface area contributed by atoms with Crippen LogP contribution in [0.2, 0.25) is 0 Å². The molecule has 2 aromatic rings. The normalized spacial score (nSPS) is 14.2. The van der Waals surface area contributed by atoms with Crippen LogP contribution in [-0.2, 0) is 13.1 Å². The van der Waals surface area contributed by atoms with Gasteiger partial charge in [0.05, 0.1) is 17.7 Å². The number of fused-ring (bicyclic) bond motifs is 1. The average molecular weight is 243 g/mol. The highest BCUT2D eigenvalue weighted by Gasteiger charge is 2.22. The van der Waals surface area contributed by atoms with Crippen LogP contribution in [0, 0.1) is 6.92 Å². The molecule has 0 unspecified atom stereocenters. The molecule has 0 aliphatic carbocycles. The zero-order valence-corrected chi connectivity index (χ0v) is 10.9. The lowest BCUT2D eigenvalue weighted by Gasteiger charge is -2.11. The van der Waals surface area contributed by atoms with Crippen molar-refractivity contribution in [3.8, 4) is 11.6 Å². The van der Waals surface area contributed by atoms with Crippen molar-refractivity contribution >= 4 is 0 Å². The number of hydrogen-bond acceptors (Lipinski definition) is 4. The molecule has 1 aliphatic heterocycles. The Balaban J connectivity index is 2.18. The Morgan fingerprint density at radius 2 is 2.11 bits per heavy atom. The molecule has 1 aliphatic rings. The van der Waals surface area contributed by atoms with Crippen LogP contribution in [0.3, 0.4) is 0 Å². The Morgan fingerprint density at radius 3 is 2.78 bits per heavy atom. The summed E-state index contributed by atoms with van der Waals surface area (Å²) in [5.74, 6) is 1.89. The molecular formula is C14H17N3O. The number of aromatic nitrogens is 2. The van der Waals surface area contributed by atoms with E-state index in [1.165, 1.54) is 5.56 Å². The topological polar surface area (TPSA) is 51.0 Å². The second-order valence-corrected chi connectivity index (χ2v) is 5.05. The van der Waals surface area contributed by atoms with Gasteiger partial charge < -0.3 is 9.73 Å². The third-order valence-corrected chi connectivity index (χ3v) is 3.33. The summed E-state index contributed by atoms with van der Waals surface area (Å²) in [6.45, 7) is 8.05.